The number of aromatic amines is 4. The highest BCUT2D eigenvalue weighted by molar-refractivity contribution is 8.00. The molecule has 14 amide bonds. The number of fused-ring (bicyclic) bond motifs is 1. The molecule has 7 aromatic rings. The largest absolute Gasteiger partial charge is 0.394 e. The van der Waals surface area contributed by atoms with Crippen LogP contribution in [0, 0.1) is 16.7 Å². The summed E-state index contributed by atoms with van der Waals surface area (Å²) < 4.78 is 0. The molecule has 1 aliphatic rings. The Kier molecular flexibility index (Phi) is 35.4. The van der Waals surface area contributed by atoms with Gasteiger partial charge in [0, 0.05) is 117 Å². The molecular weight excluding hydrogens is 1580 g/mol. The molecular formula is C77H103N27O15S. The Morgan fingerprint density at radius 3 is 1.51 bits per heavy atom. The van der Waals surface area contributed by atoms with Crippen LogP contribution in [0.2, 0.25) is 0 Å². The standard InChI is InChI=1S/C77H103N27O15S/c1-42(2)64-74(118)101-54(26-45-30-88-50-19-11-10-18-49(45)50)68(112)98-55(27-46-31-83-39-91-46)65(109)90-35-62(107)95-58(36-105)72(116)97-52(21-13-23-87-77(81)82)75(119)104(3)60(25-44-16-8-5-9-17-44)73(117)100-57(29-48-33-85-41-93-48)69(113)96-51(20-12-22-86-76(79)80)67(111)99-56(28-47-32-84-40-92-47)70(114)102-59(66(110)89-34-61(78)106)37-120-38-63(108)94-53(71(115)103-64)24-43-14-6-4-7-15-43/h4-11,14-19,30-33,39-42,51-60,64,88,105H,12-13,20-29,34-38H2,1-3H3,(H2,78,106)(H,83,91)(H,84,92)(H,85,93)(H,89,110)(H,90,109)(H,94,108)(H,95,107)(H,96,113)(H,97,116)(H,98,112)(H,99,111)(H,100,117)(H,101,118)(H,102,114)(H,103,115)(H4,79,80,86)(H4,81,82,87)/t51-,52-,53-,54-,55-,56-,57-,58-,59-,60-,64-/m0/s1. The highest BCUT2D eigenvalue weighted by Crippen LogP contribution is 2.21. The average molecular weight is 1680 g/mol. The van der Waals surface area contributed by atoms with Crippen LogP contribution < -0.4 is 91.6 Å². The van der Waals surface area contributed by atoms with Crippen molar-refractivity contribution in [1.82, 2.24) is 114 Å². The van der Waals surface area contributed by atoms with E-state index in [1.807, 2.05) is 0 Å². The van der Waals surface area contributed by atoms with E-state index in [0.29, 0.717) is 33.3 Å². The number of guanidine groups is 2. The number of amides is 14. The number of thioether (sulfide) groups is 1. The van der Waals surface area contributed by atoms with Crippen molar-refractivity contribution >= 4 is 117 Å². The first-order chi connectivity index (χ1) is 57.5. The zero-order valence-electron chi connectivity index (χ0n) is 66.2. The molecule has 0 bridgehead atoms. The number of H-pyrrole nitrogens is 4. The van der Waals surface area contributed by atoms with Crippen LogP contribution in [0.3, 0.4) is 0 Å². The Labute approximate surface area is 692 Å². The predicted octanol–water partition coefficient (Wildman–Crippen LogP) is -5.59. The molecule has 642 valence electrons. The summed E-state index contributed by atoms with van der Waals surface area (Å²) in [4.78, 5) is 229. The maximum atomic E-state index is 15.3. The molecule has 42 nitrogen and oxygen atoms in total. The molecule has 5 heterocycles. The van der Waals surface area contributed by atoms with Gasteiger partial charge in [-0.3, -0.25) is 77.9 Å². The number of hydrogen-bond donors (Lipinski definition) is 24. The van der Waals surface area contributed by atoms with E-state index in [1.54, 1.807) is 105 Å². The summed E-state index contributed by atoms with van der Waals surface area (Å²) in [5, 5.41) is 63.6. The quantitative estimate of drug-likeness (QED) is 0.0144. The lowest BCUT2D eigenvalue weighted by Gasteiger charge is -2.33. The maximum absolute atomic E-state index is 15.3. The fourth-order valence-electron chi connectivity index (χ4n) is 12.9. The van der Waals surface area contributed by atoms with Gasteiger partial charge in [-0.15, -0.1) is 11.8 Å². The zero-order valence-corrected chi connectivity index (χ0v) is 67.0. The molecule has 0 aliphatic carbocycles. The van der Waals surface area contributed by atoms with Gasteiger partial charge in [0.2, 0.25) is 82.7 Å². The van der Waals surface area contributed by atoms with E-state index in [1.165, 1.54) is 44.6 Å². The number of para-hydroxylation sites is 1. The summed E-state index contributed by atoms with van der Waals surface area (Å²) in [6, 6.07) is 6.68. The molecule has 1 saturated heterocycles. The Balaban J connectivity index is 1.18. The average Bonchev–Trinajstić information content (AvgIpc) is 1.74. The number of likely N-dealkylation sites (N-methyl/N-ethyl adjacent to an activating group) is 1. The second-order valence-corrected chi connectivity index (χ2v) is 29.7. The molecule has 120 heavy (non-hydrogen) atoms. The number of hydrogen-bond acceptors (Lipinski definition) is 21. The van der Waals surface area contributed by atoms with Crippen molar-refractivity contribution in [3.63, 3.8) is 0 Å². The topological polar surface area (TPSA) is 658 Å². The molecule has 11 atom stereocenters. The van der Waals surface area contributed by atoms with Gasteiger partial charge < -0.3 is 122 Å². The van der Waals surface area contributed by atoms with E-state index in [9.17, 15) is 48.3 Å². The van der Waals surface area contributed by atoms with Crippen LogP contribution in [0.4, 0.5) is 0 Å². The smallest absolute Gasteiger partial charge is 0.245 e. The van der Waals surface area contributed by atoms with Gasteiger partial charge in [0.1, 0.15) is 66.5 Å². The fraction of sp³-hybridized carbons (Fsp3) is 0.416. The fourth-order valence-corrected chi connectivity index (χ4v) is 13.7. The van der Waals surface area contributed by atoms with Crippen molar-refractivity contribution in [3.8, 4) is 0 Å². The summed E-state index contributed by atoms with van der Waals surface area (Å²) in [7, 11) is 1.26. The monoisotopic (exact) mass is 1680 g/mol. The van der Waals surface area contributed by atoms with Gasteiger partial charge >= 0.3 is 0 Å². The SMILES string of the molecule is CC(C)[C@@H]1NC(=O)[C@H](Cc2ccccc2)NC(=O)CSC[C@@H](C(=O)NCC(N)=O)NC(=O)[C@H](Cc2cnc[nH]2)NC(=O)[C@H](CCCNC(=N)N)NC(=O)[C@H](Cc2cnc[nH]2)NC(=O)[C@H](Cc2ccccc2)N(C)C(=O)[C@H](CCCNC(=N)N)NC(=O)[C@H](CO)NC(=O)CNC(=O)[C@H](Cc2cnc[nH]2)NC(=O)[C@H](Cc2c[nH]c3ccccc23)NC1=O. The Morgan fingerprint density at radius 1 is 0.508 bits per heavy atom. The van der Waals surface area contributed by atoms with E-state index < -0.39 is 198 Å². The van der Waals surface area contributed by atoms with Crippen molar-refractivity contribution in [2.24, 2.45) is 23.1 Å². The molecule has 1 fully saturated rings. The number of primary amides is 1. The summed E-state index contributed by atoms with van der Waals surface area (Å²) in [5.74, 6) is -15.9. The zero-order chi connectivity index (χ0) is 86.8. The number of carbonyl (C=O) groups excluding carboxylic acids is 14. The molecule has 0 radical (unpaired) electrons. The molecule has 27 N–H and O–H groups in total. The third-order valence-corrected chi connectivity index (χ3v) is 20.2. The lowest BCUT2D eigenvalue weighted by molar-refractivity contribution is -0.143. The number of carbonyl (C=O) groups is 14. The van der Waals surface area contributed by atoms with E-state index in [-0.39, 0.29) is 88.7 Å². The van der Waals surface area contributed by atoms with Gasteiger partial charge in [0.25, 0.3) is 0 Å². The molecule has 3 aromatic carbocycles. The van der Waals surface area contributed by atoms with Crippen LogP contribution in [0.15, 0.2) is 129 Å². The lowest BCUT2D eigenvalue weighted by atomic mass is 9.99. The summed E-state index contributed by atoms with van der Waals surface area (Å²) >= 11 is 0.800. The summed E-state index contributed by atoms with van der Waals surface area (Å²) in [6.07, 6.45) is 7.65. The molecule has 8 rings (SSSR count). The lowest BCUT2D eigenvalue weighted by Crippen LogP contribution is -2.61. The van der Waals surface area contributed by atoms with Crippen LogP contribution in [0.1, 0.15) is 73.3 Å². The van der Waals surface area contributed by atoms with Crippen molar-refractivity contribution in [3.05, 3.63) is 162 Å². The van der Waals surface area contributed by atoms with Crippen molar-refractivity contribution in [2.45, 2.75) is 145 Å². The molecule has 0 unspecified atom stereocenters. The Bertz CT molecular complexity index is 4650. The molecule has 43 heteroatoms. The minimum absolute atomic E-state index is 0.0167. The van der Waals surface area contributed by atoms with E-state index in [0.717, 1.165) is 16.7 Å². The van der Waals surface area contributed by atoms with Crippen LogP contribution in [-0.2, 0) is 106 Å². The van der Waals surface area contributed by atoms with Crippen LogP contribution in [-0.4, -0.2) is 257 Å². The number of benzene rings is 3. The second-order valence-electron chi connectivity index (χ2n) is 28.7. The van der Waals surface area contributed by atoms with E-state index in [4.69, 9.17) is 28.0 Å². The maximum Gasteiger partial charge on any atom is 0.245 e. The normalized spacial score (nSPS) is 22.0. The summed E-state index contributed by atoms with van der Waals surface area (Å²) in [5.41, 5.74) is 19.8. The third-order valence-electron chi connectivity index (χ3n) is 19.2. The number of nitrogens with two attached hydrogens (primary N) is 3. The van der Waals surface area contributed by atoms with Crippen molar-refractivity contribution in [2.75, 3.05) is 51.3 Å². The first-order valence-corrected chi connectivity index (χ1v) is 39.7. The number of aliphatic hydroxyl groups is 1. The highest BCUT2D eigenvalue weighted by atomic mass is 32.2. The second kappa shape index (κ2) is 46.3. The van der Waals surface area contributed by atoms with Gasteiger partial charge in [-0.05, 0) is 54.4 Å². The van der Waals surface area contributed by atoms with Gasteiger partial charge in [-0.1, -0.05) is 92.7 Å². The summed E-state index contributed by atoms with van der Waals surface area (Å²) in [6.45, 7) is 0.528. The van der Waals surface area contributed by atoms with Crippen LogP contribution in [0.5, 0.6) is 0 Å². The minimum atomic E-state index is -1.83. The number of imidazole rings is 3. The highest BCUT2D eigenvalue weighted by Gasteiger charge is 2.40. The Morgan fingerprint density at radius 2 is 0.967 bits per heavy atom. The first kappa shape index (κ1) is 91.8. The van der Waals surface area contributed by atoms with Gasteiger partial charge in [0.05, 0.1) is 44.4 Å². The minimum Gasteiger partial charge on any atom is -0.394 e. The molecule has 1 aliphatic heterocycles. The van der Waals surface area contributed by atoms with E-state index >= 15 is 24.0 Å². The van der Waals surface area contributed by atoms with Gasteiger partial charge in [0.15, 0.2) is 11.9 Å². The van der Waals surface area contributed by atoms with Crippen molar-refractivity contribution in [1.29, 1.82) is 10.8 Å². The van der Waals surface area contributed by atoms with Crippen LogP contribution >= 0.6 is 11.8 Å². The molecule has 0 spiro atoms. The Hall–Kier alpha value is -13.7. The number of nitrogens with zero attached hydrogens (tertiary/aromatic N) is 4. The van der Waals surface area contributed by atoms with E-state index in [2.05, 4.69) is 109 Å². The van der Waals surface area contributed by atoms with Crippen LogP contribution in [0.25, 0.3) is 10.9 Å². The number of aliphatic hydroxyl groups excluding tert-OH is 1. The van der Waals surface area contributed by atoms with Gasteiger partial charge in [-0.2, -0.15) is 0 Å². The number of rotatable bonds is 25. The third kappa shape index (κ3) is 29.2. The van der Waals surface area contributed by atoms with Gasteiger partial charge in [-0.25, -0.2) is 15.0 Å². The number of nitrogens with one attached hydrogen (secondary N) is 20. The first-order valence-electron chi connectivity index (χ1n) is 38.5. The van der Waals surface area contributed by atoms with Crippen molar-refractivity contribution < 1.29 is 72.2 Å². The molecule has 4 aromatic heterocycles. The number of aromatic nitrogens is 7. The molecule has 0 saturated carbocycles. The predicted molar refractivity (Wildman–Crippen MR) is 438 cm³/mol.